The monoisotopic (exact) mass is 378 g/mol. The summed E-state index contributed by atoms with van der Waals surface area (Å²) in [6, 6.07) is 6.55. The van der Waals surface area contributed by atoms with Crippen molar-refractivity contribution in [1.29, 1.82) is 0 Å². The molecule has 6 nitrogen and oxygen atoms in total. The number of benzene rings is 1. The van der Waals surface area contributed by atoms with Gasteiger partial charge >= 0.3 is 0 Å². The second-order valence-corrected chi connectivity index (χ2v) is 3.78. The predicted molar refractivity (Wildman–Crippen MR) is 87.0 cm³/mol. The van der Waals surface area contributed by atoms with Crippen LogP contribution in [0.15, 0.2) is 29.3 Å². The lowest BCUT2D eigenvalue weighted by molar-refractivity contribution is -0.384. The van der Waals surface area contributed by atoms with Gasteiger partial charge in [0, 0.05) is 32.3 Å². The molecule has 0 unspecified atom stereocenters. The summed E-state index contributed by atoms with van der Waals surface area (Å²) < 4.78 is 0. The minimum absolute atomic E-state index is 0. The highest BCUT2D eigenvalue weighted by atomic mass is 127. The fraction of sp³-hybridized carbons (Fsp3) is 0.417. The molecule has 0 aliphatic heterocycles. The second kappa shape index (κ2) is 9.54. The molecule has 0 heterocycles. The van der Waals surface area contributed by atoms with Gasteiger partial charge in [-0.05, 0) is 12.0 Å². The van der Waals surface area contributed by atoms with Crippen molar-refractivity contribution in [3.63, 3.8) is 0 Å². The molecule has 1 aromatic carbocycles. The van der Waals surface area contributed by atoms with Crippen LogP contribution in [0.4, 0.5) is 5.69 Å². The van der Waals surface area contributed by atoms with Crippen LogP contribution in [0, 0.1) is 10.1 Å². The van der Waals surface area contributed by atoms with Gasteiger partial charge in [-0.1, -0.05) is 19.1 Å². The molecule has 2 N–H and O–H groups in total. The van der Waals surface area contributed by atoms with E-state index in [1.165, 1.54) is 6.07 Å². The van der Waals surface area contributed by atoms with E-state index in [4.69, 9.17) is 0 Å². The van der Waals surface area contributed by atoms with Crippen LogP contribution in [0.1, 0.15) is 18.9 Å². The summed E-state index contributed by atoms with van der Waals surface area (Å²) in [5.74, 6) is 0.698. The number of nitro groups is 1. The van der Waals surface area contributed by atoms with Crippen molar-refractivity contribution < 1.29 is 4.92 Å². The molecule has 0 fully saturated rings. The Kier molecular flexibility index (Phi) is 8.84. The van der Waals surface area contributed by atoms with Gasteiger partial charge < -0.3 is 10.6 Å². The van der Waals surface area contributed by atoms with E-state index in [2.05, 4.69) is 22.5 Å². The third kappa shape index (κ3) is 6.37. The van der Waals surface area contributed by atoms with Crippen LogP contribution in [0.3, 0.4) is 0 Å². The number of nitrogens with zero attached hydrogens (tertiary/aromatic N) is 2. The molecule has 7 heteroatoms. The first-order valence-electron chi connectivity index (χ1n) is 5.85. The van der Waals surface area contributed by atoms with Crippen molar-refractivity contribution in [2.24, 2.45) is 4.99 Å². The molecule has 0 radical (unpaired) electrons. The summed E-state index contributed by atoms with van der Waals surface area (Å²) >= 11 is 0. The number of hydrogen-bond acceptors (Lipinski definition) is 3. The van der Waals surface area contributed by atoms with E-state index in [1.54, 1.807) is 19.2 Å². The zero-order valence-corrected chi connectivity index (χ0v) is 13.4. The Balaban J connectivity index is 0.00000324. The molecule has 1 aromatic rings. The molecule has 0 aromatic heterocycles. The minimum atomic E-state index is -0.395. The van der Waals surface area contributed by atoms with Gasteiger partial charge in [0.2, 0.25) is 0 Å². The second-order valence-electron chi connectivity index (χ2n) is 3.78. The third-order valence-electron chi connectivity index (χ3n) is 2.35. The minimum Gasteiger partial charge on any atom is -0.356 e. The van der Waals surface area contributed by atoms with Crippen molar-refractivity contribution in [3.05, 3.63) is 39.9 Å². The first-order valence-corrected chi connectivity index (χ1v) is 5.85. The standard InChI is InChI=1S/C12H18N4O2.HI/c1-3-7-14-12(13-2)15-9-10-5-4-6-11(8-10)16(17)18;/h4-6,8H,3,7,9H2,1-2H3,(H2,13,14,15);1H. The molecule has 0 bridgehead atoms. The van der Waals surface area contributed by atoms with Crippen LogP contribution in [-0.4, -0.2) is 24.5 Å². The molecule has 0 amide bonds. The summed E-state index contributed by atoms with van der Waals surface area (Å²) in [6.45, 7) is 3.42. The number of guanidine groups is 1. The average molecular weight is 378 g/mol. The Bertz CT molecular complexity index is 437. The lowest BCUT2D eigenvalue weighted by atomic mass is 10.2. The molecule has 0 saturated heterocycles. The number of nitro benzene ring substituents is 1. The SMILES string of the molecule is CCCNC(=NC)NCc1cccc([N+](=O)[O-])c1.I. The molecule has 0 atom stereocenters. The van der Waals surface area contributed by atoms with Crippen molar-refractivity contribution in [2.75, 3.05) is 13.6 Å². The Hall–Kier alpha value is -1.38. The van der Waals surface area contributed by atoms with Gasteiger partial charge in [0.05, 0.1) is 4.92 Å². The van der Waals surface area contributed by atoms with Gasteiger partial charge in [0.25, 0.3) is 5.69 Å². The largest absolute Gasteiger partial charge is 0.356 e. The highest BCUT2D eigenvalue weighted by Gasteiger charge is 2.05. The smallest absolute Gasteiger partial charge is 0.269 e. The molecule has 106 valence electrons. The molecule has 0 saturated carbocycles. The predicted octanol–water partition coefficient (Wildman–Crippen LogP) is 2.29. The van der Waals surface area contributed by atoms with Gasteiger partial charge in [0.15, 0.2) is 5.96 Å². The molecule has 0 aliphatic carbocycles. The van der Waals surface area contributed by atoms with Crippen LogP contribution < -0.4 is 10.6 Å². The van der Waals surface area contributed by atoms with Crippen molar-refractivity contribution in [2.45, 2.75) is 19.9 Å². The molecule has 19 heavy (non-hydrogen) atoms. The molecule has 0 spiro atoms. The van der Waals surface area contributed by atoms with Gasteiger partial charge in [0.1, 0.15) is 0 Å². The third-order valence-corrected chi connectivity index (χ3v) is 2.35. The first-order chi connectivity index (χ1) is 8.67. The number of nitrogens with one attached hydrogen (secondary N) is 2. The molecular formula is C12H19IN4O2. The van der Waals surface area contributed by atoms with Crippen LogP contribution in [0.5, 0.6) is 0 Å². The number of hydrogen-bond donors (Lipinski definition) is 2. The molecular weight excluding hydrogens is 359 g/mol. The van der Waals surface area contributed by atoms with Crippen LogP contribution in [0.2, 0.25) is 0 Å². The zero-order valence-electron chi connectivity index (χ0n) is 11.0. The lowest BCUT2D eigenvalue weighted by Crippen LogP contribution is -2.37. The quantitative estimate of drug-likeness (QED) is 0.271. The van der Waals surface area contributed by atoms with E-state index < -0.39 is 4.92 Å². The van der Waals surface area contributed by atoms with Gasteiger partial charge in [-0.2, -0.15) is 0 Å². The van der Waals surface area contributed by atoms with E-state index in [1.807, 2.05) is 6.07 Å². The van der Waals surface area contributed by atoms with E-state index in [0.717, 1.165) is 18.5 Å². The maximum absolute atomic E-state index is 10.6. The van der Waals surface area contributed by atoms with Gasteiger partial charge in [-0.25, -0.2) is 0 Å². The Morgan fingerprint density at radius 1 is 1.42 bits per heavy atom. The van der Waals surface area contributed by atoms with E-state index in [0.29, 0.717) is 12.5 Å². The number of halogens is 1. The summed E-state index contributed by atoms with van der Waals surface area (Å²) in [5, 5.41) is 16.9. The summed E-state index contributed by atoms with van der Waals surface area (Å²) in [5.41, 5.74) is 0.953. The first kappa shape index (κ1) is 17.6. The van der Waals surface area contributed by atoms with Crippen LogP contribution in [-0.2, 0) is 6.54 Å². The zero-order chi connectivity index (χ0) is 13.4. The van der Waals surface area contributed by atoms with Gasteiger partial charge in [-0.3, -0.25) is 15.1 Å². The fourth-order valence-electron chi connectivity index (χ4n) is 1.43. The molecule has 1 rings (SSSR count). The van der Waals surface area contributed by atoms with E-state index in [9.17, 15) is 10.1 Å². The maximum atomic E-state index is 10.6. The Morgan fingerprint density at radius 3 is 2.74 bits per heavy atom. The van der Waals surface area contributed by atoms with Crippen molar-refractivity contribution in [3.8, 4) is 0 Å². The lowest BCUT2D eigenvalue weighted by Gasteiger charge is -2.10. The van der Waals surface area contributed by atoms with E-state index in [-0.39, 0.29) is 29.7 Å². The normalized spacial score (nSPS) is 10.5. The number of rotatable bonds is 5. The molecule has 0 aliphatic rings. The highest BCUT2D eigenvalue weighted by molar-refractivity contribution is 14.0. The topological polar surface area (TPSA) is 79.6 Å². The Labute approximate surface area is 129 Å². The summed E-state index contributed by atoms with van der Waals surface area (Å²) in [6.07, 6.45) is 1.01. The van der Waals surface area contributed by atoms with Crippen molar-refractivity contribution >= 4 is 35.6 Å². The van der Waals surface area contributed by atoms with Crippen LogP contribution >= 0.6 is 24.0 Å². The fourth-order valence-corrected chi connectivity index (χ4v) is 1.43. The summed E-state index contributed by atoms with van der Waals surface area (Å²) in [7, 11) is 1.69. The van der Waals surface area contributed by atoms with Crippen molar-refractivity contribution in [1.82, 2.24) is 10.6 Å². The number of aliphatic imine (C=N–C) groups is 1. The maximum Gasteiger partial charge on any atom is 0.269 e. The summed E-state index contributed by atoms with van der Waals surface area (Å²) in [4.78, 5) is 14.3. The van der Waals surface area contributed by atoms with E-state index >= 15 is 0 Å². The highest BCUT2D eigenvalue weighted by Crippen LogP contribution is 2.12. The average Bonchev–Trinajstić information content (AvgIpc) is 2.39. The van der Waals surface area contributed by atoms with Gasteiger partial charge in [-0.15, -0.1) is 24.0 Å². The Morgan fingerprint density at radius 2 is 2.16 bits per heavy atom. The number of non-ortho nitro benzene ring substituents is 1. The van der Waals surface area contributed by atoms with Crippen LogP contribution in [0.25, 0.3) is 0 Å².